The van der Waals surface area contributed by atoms with E-state index in [1.807, 2.05) is 74.5 Å². The van der Waals surface area contributed by atoms with Crippen molar-refractivity contribution in [3.8, 4) is 0 Å². The molecule has 3 rings (SSSR count). The molecule has 1 aromatic heterocycles. The smallest absolute Gasteiger partial charge is 0.289 e. The highest BCUT2D eigenvalue weighted by atomic mass is 16.2. The van der Waals surface area contributed by atoms with Gasteiger partial charge in [0.15, 0.2) is 0 Å². The van der Waals surface area contributed by atoms with Crippen LogP contribution in [0.5, 0.6) is 0 Å². The summed E-state index contributed by atoms with van der Waals surface area (Å²) in [6.45, 7) is 4.03. The topological polar surface area (TPSA) is 70.1 Å². The molecule has 2 N–H and O–H groups in total. The molecule has 0 fully saturated rings. The summed E-state index contributed by atoms with van der Waals surface area (Å²) < 4.78 is 0. The summed E-state index contributed by atoms with van der Waals surface area (Å²) in [5.41, 5.74) is 5.59. The van der Waals surface area contributed by atoms with Gasteiger partial charge in [0.25, 0.3) is 5.91 Å². The van der Waals surface area contributed by atoms with E-state index in [4.69, 9.17) is 0 Å². The second kappa shape index (κ2) is 7.57. The first-order valence-electron chi connectivity index (χ1n) is 8.19. The summed E-state index contributed by atoms with van der Waals surface area (Å²) in [5, 5.41) is 4.36. The van der Waals surface area contributed by atoms with Crippen LogP contribution in [0.15, 0.2) is 72.0 Å². The van der Waals surface area contributed by atoms with Crippen LogP contribution in [0.25, 0.3) is 0 Å². The van der Waals surface area contributed by atoms with Crippen molar-refractivity contribution >= 4 is 11.6 Å². The monoisotopic (exact) mass is 332 g/mol. The minimum absolute atomic E-state index is 0.231. The summed E-state index contributed by atoms with van der Waals surface area (Å²) in [4.78, 5) is 19.6. The van der Waals surface area contributed by atoms with E-state index in [1.165, 1.54) is 6.20 Å². The van der Waals surface area contributed by atoms with Crippen molar-refractivity contribution in [2.75, 3.05) is 0 Å². The number of aromatic amines is 1. The molecule has 0 radical (unpaired) electrons. The summed E-state index contributed by atoms with van der Waals surface area (Å²) in [6.07, 6.45) is 1.53. The normalized spacial score (nSPS) is 10.5. The van der Waals surface area contributed by atoms with Crippen molar-refractivity contribution < 1.29 is 4.79 Å². The van der Waals surface area contributed by atoms with Gasteiger partial charge >= 0.3 is 0 Å². The molecular formula is C20H20N4O. The number of benzene rings is 2. The van der Waals surface area contributed by atoms with Gasteiger partial charge in [-0.05, 0) is 0 Å². The number of hydrogen-bond acceptors (Lipinski definition) is 3. The Kier molecular flexibility index (Phi) is 5.04. The molecule has 0 atom stereocenters. The third kappa shape index (κ3) is 4.01. The van der Waals surface area contributed by atoms with Crippen LogP contribution in [0.4, 0.5) is 0 Å². The molecule has 126 valence electrons. The maximum atomic E-state index is 12.4. The molecule has 5 heteroatoms. The lowest BCUT2D eigenvalue weighted by Gasteiger charge is -2.07. The fraction of sp³-hybridized carbons (Fsp3) is 0.150. The van der Waals surface area contributed by atoms with Crippen LogP contribution in [0, 0.1) is 0 Å². The van der Waals surface area contributed by atoms with Crippen LogP contribution >= 0.6 is 0 Å². The van der Waals surface area contributed by atoms with Crippen LogP contribution in [0.2, 0.25) is 0 Å². The van der Waals surface area contributed by atoms with Crippen LogP contribution in [-0.4, -0.2) is 21.6 Å². The van der Waals surface area contributed by atoms with Gasteiger partial charge in [-0.25, -0.2) is 10.4 Å². The van der Waals surface area contributed by atoms with Gasteiger partial charge in [0, 0.05) is 17.0 Å². The third-order valence-corrected chi connectivity index (χ3v) is 3.75. The summed E-state index contributed by atoms with van der Waals surface area (Å²) >= 11 is 0. The molecule has 0 saturated carbocycles. The highest BCUT2D eigenvalue weighted by Gasteiger charge is 2.12. The second-order valence-electron chi connectivity index (χ2n) is 5.97. The van der Waals surface area contributed by atoms with Crippen molar-refractivity contribution in [1.29, 1.82) is 0 Å². The van der Waals surface area contributed by atoms with E-state index in [1.54, 1.807) is 0 Å². The predicted molar refractivity (Wildman–Crippen MR) is 98.7 cm³/mol. The van der Waals surface area contributed by atoms with Crippen molar-refractivity contribution in [3.05, 3.63) is 89.5 Å². The Balaban J connectivity index is 1.87. The van der Waals surface area contributed by atoms with E-state index < -0.39 is 0 Å². The summed E-state index contributed by atoms with van der Waals surface area (Å²) in [7, 11) is 0. The number of carbonyl (C=O) groups excluding carboxylic acids is 1. The Morgan fingerprint density at radius 1 is 1.00 bits per heavy atom. The maximum absolute atomic E-state index is 12.4. The van der Waals surface area contributed by atoms with Gasteiger partial charge in [-0.3, -0.25) is 4.79 Å². The predicted octanol–water partition coefficient (Wildman–Crippen LogP) is 3.72. The number of aromatic nitrogens is 2. The standard InChI is InChI=1S/C20H20N4O/c1-14(2)19-21-13-17(22-19)20(25)24-23-18(15-9-5-3-6-10-15)16-11-7-4-8-12-16/h3-14H,1-2H3,(H,21,22)(H,24,25). The fourth-order valence-electron chi connectivity index (χ4n) is 2.40. The number of carbonyl (C=O) groups is 1. The number of amides is 1. The molecule has 0 aliphatic carbocycles. The van der Waals surface area contributed by atoms with Crippen molar-refractivity contribution in [2.45, 2.75) is 19.8 Å². The van der Waals surface area contributed by atoms with Gasteiger partial charge in [0.1, 0.15) is 11.5 Å². The van der Waals surface area contributed by atoms with Crippen molar-refractivity contribution in [3.63, 3.8) is 0 Å². The largest absolute Gasteiger partial charge is 0.338 e. The molecule has 0 aliphatic heterocycles. The van der Waals surface area contributed by atoms with Gasteiger partial charge < -0.3 is 4.98 Å². The fourth-order valence-corrected chi connectivity index (χ4v) is 2.40. The first-order chi connectivity index (χ1) is 12.1. The molecule has 1 heterocycles. The lowest BCUT2D eigenvalue weighted by molar-refractivity contribution is 0.0950. The van der Waals surface area contributed by atoms with Crippen molar-refractivity contribution in [1.82, 2.24) is 15.4 Å². The molecule has 0 aliphatic rings. The number of imidazole rings is 1. The first-order valence-corrected chi connectivity index (χ1v) is 8.19. The van der Waals surface area contributed by atoms with Gasteiger partial charge in [-0.2, -0.15) is 5.10 Å². The minimum Gasteiger partial charge on any atom is -0.338 e. The Bertz CT molecular complexity index is 825. The third-order valence-electron chi connectivity index (χ3n) is 3.75. The quantitative estimate of drug-likeness (QED) is 0.552. The van der Waals surface area contributed by atoms with E-state index in [0.29, 0.717) is 11.4 Å². The van der Waals surface area contributed by atoms with E-state index in [9.17, 15) is 4.79 Å². The number of nitrogens with one attached hydrogen (secondary N) is 2. The Morgan fingerprint density at radius 2 is 1.56 bits per heavy atom. The Labute approximate surface area is 146 Å². The zero-order valence-electron chi connectivity index (χ0n) is 14.2. The number of nitrogens with zero attached hydrogens (tertiary/aromatic N) is 2. The molecular weight excluding hydrogens is 312 g/mol. The second-order valence-corrected chi connectivity index (χ2v) is 5.97. The molecule has 0 spiro atoms. The highest BCUT2D eigenvalue weighted by molar-refractivity contribution is 6.13. The van der Waals surface area contributed by atoms with Gasteiger partial charge in [0.05, 0.1) is 11.9 Å². The molecule has 1 amide bonds. The van der Waals surface area contributed by atoms with Crippen LogP contribution < -0.4 is 5.43 Å². The first kappa shape index (κ1) is 16.6. The van der Waals surface area contributed by atoms with E-state index in [-0.39, 0.29) is 11.8 Å². The average molecular weight is 332 g/mol. The Morgan fingerprint density at radius 3 is 2.04 bits per heavy atom. The molecule has 25 heavy (non-hydrogen) atoms. The summed E-state index contributed by atoms with van der Waals surface area (Å²) in [6, 6.07) is 19.5. The number of hydrogen-bond donors (Lipinski definition) is 2. The molecule has 5 nitrogen and oxygen atoms in total. The molecule has 2 aromatic carbocycles. The number of H-pyrrole nitrogens is 1. The maximum Gasteiger partial charge on any atom is 0.289 e. The number of hydrazone groups is 1. The molecule has 0 saturated heterocycles. The van der Waals surface area contributed by atoms with Crippen LogP contribution in [0.3, 0.4) is 0 Å². The van der Waals surface area contributed by atoms with E-state index >= 15 is 0 Å². The van der Waals surface area contributed by atoms with Gasteiger partial charge in [-0.15, -0.1) is 0 Å². The van der Waals surface area contributed by atoms with Gasteiger partial charge in [-0.1, -0.05) is 74.5 Å². The Hall–Kier alpha value is -3.21. The zero-order chi connectivity index (χ0) is 17.6. The molecule has 0 bridgehead atoms. The van der Waals surface area contributed by atoms with E-state index in [2.05, 4.69) is 20.5 Å². The van der Waals surface area contributed by atoms with Gasteiger partial charge in [0.2, 0.25) is 0 Å². The lowest BCUT2D eigenvalue weighted by Crippen LogP contribution is -2.21. The van der Waals surface area contributed by atoms with Crippen LogP contribution in [-0.2, 0) is 0 Å². The SMILES string of the molecule is CC(C)c1ncc(C(=O)NN=C(c2ccccc2)c2ccccc2)[nH]1. The zero-order valence-corrected chi connectivity index (χ0v) is 14.2. The number of rotatable bonds is 5. The van der Waals surface area contributed by atoms with Crippen LogP contribution in [0.1, 0.15) is 47.2 Å². The van der Waals surface area contributed by atoms with E-state index in [0.717, 1.165) is 17.0 Å². The molecule has 3 aromatic rings. The highest BCUT2D eigenvalue weighted by Crippen LogP contribution is 2.11. The minimum atomic E-state index is -0.316. The van der Waals surface area contributed by atoms with Crippen molar-refractivity contribution in [2.24, 2.45) is 5.10 Å². The summed E-state index contributed by atoms with van der Waals surface area (Å²) in [5.74, 6) is 0.693. The molecule has 0 unspecified atom stereocenters. The average Bonchev–Trinajstić information content (AvgIpc) is 3.14. The lowest BCUT2D eigenvalue weighted by atomic mass is 10.0.